The van der Waals surface area contributed by atoms with Crippen LogP contribution in [0.25, 0.3) is 0 Å². The lowest BCUT2D eigenvalue weighted by Crippen LogP contribution is -1.93. The molecule has 0 fully saturated rings. The van der Waals surface area contributed by atoms with Gasteiger partial charge in [-0.3, -0.25) is 4.79 Å². The molecule has 6 heteroatoms. The highest BCUT2D eigenvalue weighted by molar-refractivity contribution is 8.71. The number of carboxylic acid groups (broad SMARTS) is 1. The molecule has 138 valence electrons. The molecule has 0 unspecified atom stereocenters. The highest BCUT2D eigenvalue weighted by Crippen LogP contribution is 2.15. The molecular formula is C17H34O4S2. The van der Waals surface area contributed by atoms with E-state index in [-0.39, 0.29) is 0 Å². The zero-order chi connectivity index (χ0) is 17.4. The van der Waals surface area contributed by atoms with Crippen molar-refractivity contribution in [2.75, 3.05) is 12.0 Å². The lowest BCUT2D eigenvalue weighted by molar-refractivity contribution is -0.137. The van der Waals surface area contributed by atoms with Crippen molar-refractivity contribution in [3.63, 3.8) is 0 Å². The van der Waals surface area contributed by atoms with Gasteiger partial charge in [-0.05, 0) is 23.6 Å². The quantitative estimate of drug-likeness (QED) is 0.282. The summed E-state index contributed by atoms with van der Waals surface area (Å²) < 4.78 is 21.9. The Morgan fingerprint density at radius 1 is 0.739 bits per heavy atom. The van der Waals surface area contributed by atoms with Crippen LogP contribution in [0.3, 0.4) is 0 Å². The third kappa shape index (κ3) is 21.8. The first kappa shape index (κ1) is 22.8. The highest BCUT2D eigenvalue weighted by atomic mass is 33.1. The van der Waals surface area contributed by atoms with Gasteiger partial charge in [-0.2, -0.15) is 0 Å². The van der Waals surface area contributed by atoms with Gasteiger partial charge in [0, 0.05) is 18.4 Å². The van der Waals surface area contributed by atoms with Gasteiger partial charge in [0.2, 0.25) is 0 Å². The molecule has 0 rings (SSSR count). The fourth-order valence-electron chi connectivity index (χ4n) is 2.53. The number of carbonyl (C=O) groups is 1. The van der Waals surface area contributed by atoms with Gasteiger partial charge < -0.3 is 5.11 Å². The number of unbranched alkanes of at least 4 members (excludes halogenated alkanes) is 12. The summed E-state index contributed by atoms with van der Waals surface area (Å²) in [5, 5.41) is 8.52. The van der Waals surface area contributed by atoms with E-state index in [0.29, 0.717) is 6.42 Å². The van der Waals surface area contributed by atoms with Crippen LogP contribution in [0.1, 0.15) is 89.9 Å². The SMILES string of the molecule is CS(=O)(=O)SCCCCCCCCCCCCCCCC(=O)O. The minimum absolute atomic E-state index is 0.312. The number of hydrogen-bond acceptors (Lipinski definition) is 4. The Balaban J connectivity index is 3.07. The first-order chi connectivity index (χ1) is 10.9. The van der Waals surface area contributed by atoms with Crippen molar-refractivity contribution in [1.82, 2.24) is 0 Å². The lowest BCUT2D eigenvalue weighted by Gasteiger charge is -2.03. The van der Waals surface area contributed by atoms with E-state index in [1.54, 1.807) is 0 Å². The first-order valence-corrected chi connectivity index (χ1v) is 12.4. The fourth-order valence-corrected chi connectivity index (χ4v) is 4.42. The predicted octanol–water partition coefficient (Wildman–Crippen LogP) is 5.23. The summed E-state index contributed by atoms with van der Waals surface area (Å²) in [5.74, 6) is 0.0461. The molecule has 0 spiro atoms. The molecule has 23 heavy (non-hydrogen) atoms. The Morgan fingerprint density at radius 2 is 1.09 bits per heavy atom. The maximum absolute atomic E-state index is 10.9. The molecule has 0 aliphatic carbocycles. The summed E-state index contributed by atoms with van der Waals surface area (Å²) in [5.41, 5.74) is 0. The summed E-state index contributed by atoms with van der Waals surface area (Å²) in [4.78, 5) is 10.3. The molecule has 0 atom stereocenters. The second-order valence-electron chi connectivity index (χ2n) is 6.27. The number of carboxylic acids is 1. The molecule has 0 aliphatic rings. The van der Waals surface area contributed by atoms with E-state index < -0.39 is 14.8 Å². The van der Waals surface area contributed by atoms with Crippen LogP contribution in [0, 0.1) is 0 Å². The molecule has 0 aromatic carbocycles. The van der Waals surface area contributed by atoms with Crippen LogP contribution in [-0.2, 0) is 13.7 Å². The summed E-state index contributed by atoms with van der Waals surface area (Å²) in [6.45, 7) is 0. The third-order valence-corrected chi connectivity index (χ3v) is 6.50. The Kier molecular flexibility index (Phi) is 15.2. The van der Waals surface area contributed by atoms with Crippen LogP contribution in [0.15, 0.2) is 0 Å². The van der Waals surface area contributed by atoms with Crippen LogP contribution >= 0.6 is 10.8 Å². The highest BCUT2D eigenvalue weighted by Gasteiger charge is 2.01. The molecule has 0 aliphatic heterocycles. The van der Waals surface area contributed by atoms with Gasteiger partial charge in [0.25, 0.3) is 0 Å². The molecule has 0 heterocycles. The van der Waals surface area contributed by atoms with Gasteiger partial charge in [-0.15, -0.1) is 0 Å². The molecule has 0 aromatic rings. The normalized spacial score (nSPS) is 11.7. The summed E-state index contributed by atoms with van der Waals surface area (Å²) >= 11 is 0. The van der Waals surface area contributed by atoms with Gasteiger partial charge in [-0.1, -0.05) is 70.6 Å². The van der Waals surface area contributed by atoms with Crippen molar-refractivity contribution in [3.05, 3.63) is 0 Å². The zero-order valence-electron chi connectivity index (χ0n) is 14.6. The Bertz CT molecular complexity index is 380. The topological polar surface area (TPSA) is 71.4 Å². The van der Waals surface area contributed by atoms with Crippen molar-refractivity contribution in [2.45, 2.75) is 89.9 Å². The van der Waals surface area contributed by atoms with Crippen LogP contribution in [0.4, 0.5) is 0 Å². The van der Waals surface area contributed by atoms with Crippen molar-refractivity contribution < 1.29 is 18.3 Å². The Morgan fingerprint density at radius 3 is 1.43 bits per heavy atom. The number of hydrogen-bond donors (Lipinski definition) is 1. The summed E-state index contributed by atoms with van der Waals surface area (Å²) in [7, 11) is -1.79. The molecule has 1 N–H and O–H groups in total. The van der Waals surface area contributed by atoms with E-state index in [4.69, 9.17) is 5.11 Å². The van der Waals surface area contributed by atoms with Crippen LogP contribution in [0.5, 0.6) is 0 Å². The van der Waals surface area contributed by atoms with Gasteiger partial charge in [0.1, 0.15) is 0 Å². The standard InChI is InChI=1S/C17H34O4S2/c1-23(20,21)22-16-14-12-10-8-6-4-2-3-5-7-9-11-13-15-17(18)19/h2-16H2,1H3,(H,18,19). The average molecular weight is 367 g/mol. The number of aliphatic carboxylic acids is 1. The van der Waals surface area contributed by atoms with Gasteiger partial charge in [0.05, 0.1) is 0 Å². The molecular weight excluding hydrogens is 332 g/mol. The smallest absolute Gasteiger partial charge is 0.303 e. The van der Waals surface area contributed by atoms with Crippen molar-refractivity contribution in [1.29, 1.82) is 0 Å². The predicted molar refractivity (Wildman–Crippen MR) is 99.6 cm³/mol. The second-order valence-corrected chi connectivity index (χ2v) is 10.8. The van der Waals surface area contributed by atoms with E-state index in [1.807, 2.05) is 0 Å². The van der Waals surface area contributed by atoms with Gasteiger partial charge in [0.15, 0.2) is 8.87 Å². The molecule has 0 bridgehead atoms. The fraction of sp³-hybridized carbons (Fsp3) is 0.941. The molecule has 0 saturated carbocycles. The summed E-state index contributed by atoms with van der Waals surface area (Å²) in [6.07, 6.45) is 16.9. The minimum atomic E-state index is -2.86. The van der Waals surface area contributed by atoms with E-state index in [0.717, 1.165) is 42.2 Å². The van der Waals surface area contributed by atoms with E-state index in [2.05, 4.69) is 0 Å². The van der Waals surface area contributed by atoms with Crippen molar-refractivity contribution in [2.24, 2.45) is 0 Å². The molecule has 0 amide bonds. The van der Waals surface area contributed by atoms with E-state index >= 15 is 0 Å². The largest absolute Gasteiger partial charge is 0.481 e. The molecule has 0 radical (unpaired) electrons. The molecule has 0 aromatic heterocycles. The lowest BCUT2D eigenvalue weighted by atomic mass is 10.0. The summed E-state index contributed by atoms with van der Waals surface area (Å²) in [6, 6.07) is 0. The van der Waals surface area contributed by atoms with Crippen LogP contribution in [0.2, 0.25) is 0 Å². The van der Waals surface area contributed by atoms with Crippen molar-refractivity contribution in [3.8, 4) is 0 Å². The van der Waals surface area contributed by atoms with Crippen LogP contribution < -0.4 is 0 Å². The first-order valence-electron chi connectivity index (χ1n) is 8.98. The maximum atomic E-state index is 10.9. The third-order valence-electron chi connectivity index (χ3n) is 3.83. The maximum Gasteiger partial charge on any atom is 0.303 e. The van der Waals surface area contributed by atoms with Gasteiger partial charge >= 0.3 is 5.97 Å². The van der Waals surface area contributed by atoms with Gasteiger partial charge in [-0.25, -0.2) is 8.42 Å². The molecule has 0 saturated heterocycles. The van der Waals surface area contributed by atoms with E-state index in [1.165, 1.54) is 64.0 Å². The average Bonchev–Trinajstić information content (AvgIpc) is 2.45. The molecule has 4 nitrogen and oxygen atoms in total. The number of rotatable bonds is 17. The van der Waals surface area contributed by atoms with E-state index in [9.17, 15) is 13.2 Å². The monoisotopic (exact) mass is 366 g/mol. The Labute approximate surface area is 146 Å². The van der Waals surface area contributed by atoms with Crippen molar-refractivity contribution >= 4 is 25.6 Å². The minimum Gasteiger partial charge on any atom is -0.481 e. The van der Waals surface area contributed by atoms with Crippen LogP contribution in [-0.4, -0.2) is 31.5 Å². The zero-order valence-corrected chi connectivity index (χ0v) is 16.2. The Hall–Kier alpha value is -0.230. The second kappa shape index (κ2) is 15.3.